The highest BCUT2D eigenvalue weighted by atomic mass is 79.9. The number of nitrogens with zero attached hydrogens (tertiary/aromatic N) is 3. The van der Waals surface area contributed by atoms with Crippen molar-refractivity contribution in [1.29, 1.82) is 0 Å². The van der Waals surface area contributed by atoms with Crippen molar-refractivity contribution in [2.24, 2.45) is 5.16 Å². The highest BCUT2D eigenvalue weighted by Gasteiger charge is 2.09. The second-order valence-corrected chi connectivity index (χ2v) is 3.78. The van der Waals surface area contributed by atoms with E-state index in [1.807, 2.05) is 6.07 Å². The Morgan fingerprint density at radius 1 is 1.67 bits per heavy atom. The maximum Gasteiger partial charge on any atom is 0.146 e. The van der Waals surface area contributed by atoms with Crippen molar-refractivity contribution in [3.8, 4) is 5.75 Å². The van der Waals surface area contributed by atoms with E-state index in [9.17, 15) is 0 Å². The highest BCUT2D eigenvalue weighted by molar-refractivity contribution is 9.10. The first kappa shape index (κ1) is 9.97. The zero-order valence-corrected chi connectivity index (χ0v) is 9.47. The molecule has 2 aromatic rings. The lowest BCUT2D eigenvalue weighted by atomic mass is 10.2. The fourth-order valence-electron chi connectivity index (χ4n) is 1.39. The Morgan fingerprint density at radius 2 is 2.47 bits per heavy atom. The number of ether oxygens (including phenoxy) is 1. The molecule has 0 fully saturated rings. The Kier molecular flexibility index (Phi) is 2.59. The van der Waals surface area contributed by atoms with E-state index in [0.717, 1.165) is 9.99 Å². The Balaban J connectivity index is 2.77. The van der Waals surface area contributed by atoms with Crippen LogP contribution in [0, 0.1) is 0 Å². The summed E-state index contributed by atoms with van der Waals surface area (Å²) in [4.78, 5) is 0. The molecule has 0 aliphatic carbocycles. The number of aromatic nitrogens is 2. The molecular formula is C9H8BrN3O2. The number of hydrogen-bond donors (Lipinski definition) is 1. The van der Waals surface area contributed by atoms with Gasteiger partial charge in [-0.3, -0.25) is 0 Å². The maximum atomic E-state index is 8.50. The first-order valence-corrected chi connectivity index (χ1v) is 4.94. The van der Waals surface area contributed by atoms with E-state index in [2.05, 4.69) is 26.2 Å². The van der Waals surface area contributed by atoms with Crippen LogP contribution in [0.2, 0.25) is 0 Å². The van der Waals surface area contributed by atoms with E-state index in [4.69, 9.17) is 9.94 Å². The van der Waals surface area contributed by atoms with Gasteiger partial charge in [0, 0.05) is 16.2 Å². The third-order valence-corrected chi connectivity index (χ3v) is 2.42. The number of pyridine rings is 1. The predicted octanol–water partition coefficient (Wildman–Crippen LogP) is 1.91. The minimum Gasteiger partial charge on any atom is -0.494 e. The molecule has 2 rings (SSSR count). The molecule has 0 saturated heterocycles. The molecule has 0 aromatic carbocycles. The van der Waals surface area contributed by atoms with E-state index in [-0.39, 0.29) is 0 Å². The smallest absolute Gasteiger partial charge is 0.146 e. The zero-order chi connectivity index (χ0) is 10.8. The minimum atomic E-state index is 0.664. The van der Waals surface area contributed by atoms with Crippen LogP contribution in [0.5, 0.6) is 5.75 Å². The second-order valence-electron chi connectivity index (χ2n) is 2.86. The molecule has 15 heavy (non-hydrogen) atoms. The molecule has 0 unspecified atom stereocenters. The van der Waals surface area contributed by atoms with Gasteiger partial charge in [0.05, 0.1) is 19.5 Å². The zero-order valence-electron chi connectivity index (χ0n) is 7.88. The van der Waals surface area contributed by atoms with Crippen LogP contribution in [-0.4, -0.2) is 28.1 Å². The second kappa shape index (κ2) is 3.90. The van der Waals surface area contributed by atoms with Gasteiger partial charge < -0.3 is 9.94 Å². The van der Waals surface area contributed by atoms with Crippen molar-refractivity contribution in [3.05, 3.63) is 28.5 Å². The molecule has 0 radical (unpaired) electrons. The van der Waals surface area contributed by atoms with Gasteiger partial charge in [-0.25, -0.2) is 4.52 Å². The number of fused-ring (bicyclic) bond motifs is 1. The van der Waals surface area contributed by atoms with Crippen LogP contribution in [0.15, 0.2) is 28.1 Å². The normalized spacial score (nSPS) is 11.3. The fraction of sp³-hybridized carbons (Fsp3) is 0.111. The van der Waals surface area contributed by atoms with Gasteiger partial charge in [0.15, 0.2) is 0 Å². The van der Waals surface area contributed by atoms with Gasteiger partial charge in [-0.2, -0.15) is 5.10 Å². The number of oxime groups is 1. The van der Waals surface area contributed by atoms with E-state index >= 15 is 0 Å². The first-order valence-electron chi connectivity index (χ1n) is 4.14. The van der Waals surface area contributed by atoms with Gasteiger partial charge in [-0.05, 0) is 22.0 Å². The molecule has 0 bridgehead atoms. The summed E-state index contributed by atoms with van der Waals surface area (Å²) in [5, 5.41) is 15.6. The van der Waals surface area contributed by atoms with Gasteiger partial charge in [0.2, 0.25) is 0 Å². The summed E-state index contributed by atoms with van der Waals surface area (Å²) >= 11 is 3.35. The average molecular weight is 270 g/mol. The molecule has 2 aromatic heterocycles. The van der Waals surface area contributed by atoms with Crippen LogP contribution >= 0.6 is 15.9 Å². The van der Waals surface area contributed by atoms with Crippen LogP contribution < -0.4 is 4.74 Å². The Hall–Kier alpha value is -1.56. The summed E-state index contributed by atoms with van der Waals surface area (Å²) in [5.74, 6) is 0.664. The maximum absolute atomic E-state index is 8.50. The summed E-state index contributed by atoms with van der Waals surface area (Å²) in [7, 11) is 1.58. The van der Waals surface area contributed by atoms with E-state index in [1.165, 1.54) is 6.21 Å². The van der Waals surface area contributed by atoms with Gasteiger partial charge in [-0.1, -0.05) is 5.16 Å². The molecule has 0 aliphatic heterocycles. The summed E-state index contributed by atoms with van der Waals surface area (Å²) < 4.78 is 7.74. The van der Waals surface area contributed by atoms with Gasteiger partial charge in [0.1, 0.15) is 11.3 Å². The monoisotopic (exact) mass is 269 g/mol. The SMILES string of the molecule is COc1cc(Br)cn2ncc(/C=N\O)c12. The van der Waals surface area contributed by atoms with E-state index < -0.39 is 0 Å². The molecule has 0 atom stereocenters. The molecule has 2 heterocycles. The summed E-state index contributed by atoms with van der Waals surface area (Å²) in [6.45, 7) is 0. The van der Waals surface area contributed by atoms with Crippen molar-refractivity contribution in [2.45, 2.75) is 0 Å². The number of rotatable bonds is 2. The van der Waals surface area contributed by atoms with Crippen molar-refractivity contribution < 1.29 is 9.94 Å². The molecule has 6 heteroatoms. The van der Waals surface area contributed by atoms with Crippen molar-refractivity contribution in [1.82, 2.24) is 9.61 Å². The third-order valence-electron chi connectivity index (χ3n) is 1.99. The van der Waals surface area contributed by atoms with Crippen LogP contribution in [0.3, 0.4) is 0 Å². The van der Waals surface area contributed by atoms with Crippen molar-refractivity contribution in [2.75, 3.05) is 7.11 Å². The molecule has 5 nitrogen and oxygen atoms in total. The largest absolute Gasteiger partial charge is 0.494 e. The average Bonchev–Trinajstić information content (AvgIpc) is 2.61. The lowest BCUT2D eigenvalue weighted by Crippen LogP contribution is -1.93. The summed E-state index contributed by atoms with van der Waals surface area (Å²) in [6, 6.07) is 1.83. The molecule has 0 aliphatic rings. The van der Waals surface area contributed by atoms with Gasteiger partial charge in [-0.15, -0.1) is 0 Å². The molecule has 0 spiro atoms. The van der Waals surface area contributed by atoms with Crippen molar-refractivity contribution >= 4 is 27.7 Å². The van der Waals surface area contributed by atoms with Crippen LogP contribution in [-0.2, 0) is 0 Å². The molecule has 0 saturated carbocycles. The van der Waals surface area contributed by atoms with Crippen LogP contribution in [0.1, 0.15) is 5.56 Å². The van der Waals surface area contributed by atoms with E-state index in [0.29, 0.717) is 11.3 Å². The first-order chi connectivity index (χ1) is 7.26. The lowest BCUT2D eigenvalue weighted by molar-refractivity contribution is 0.322. The predicted molar refractivity (Wildman–Crippen MR) is 58.8 cm³/mol. The minimum absolute atomic E-state index is 0.664. The van der Waals surface area contributed by atoms with E-state index in [1.54, 1.807) is 24.0 Å². The molecule has 78 valence electrons. The van der Waals surface area contributed by atoms with Crippen molar-refractivity contribution in [3.63, 3.8) is 0 Å². The molecular weight excluding hydrogens is 262 g/mol. The Labute approximate surface area is 94.1 Å². The molecule has 1 N–H and O–H groups in total. The topological polar surface area (TPSA) is 59.1 Å². The number of hydrogen-bond acceptors (Lipinski definition) is 4. The number of halogens is 1. The lowest BCUT2D eigenvalue weighted by Gasteiger charge is -2.04. The van der Waals surface area contributed by atoms with Crippen LogP contribution in [0.4, 0.5) is 0 Å². The van der Waals surface area contributed by atoms with Gasteiger partial charge in [0.25, 0.3) is 0 Å². The quantitative estimate of drug-likeness (QED) is 0.515. The Bertz CT molecular complexity index is 521. The Morgan fingerprint density at radius 3 is 3.13 bits per heavy atom. The third kappa shape index (κ3) is 1.68. The van der Waals surface area contributed by atoms with Crippen LogP contribution in [0.25, 0.3) is 5.52 Å². The summed E-state index contributed by atoms with van der Waals surface area (Å²) in [5.41, 5.74) is 1.46. The molecule has 0 amide bonds. The fourth-order valence-corrected chi connectivity index (χ4v) is 1.79. The summed E-state index contributed by atoms with van der Waals surface area (Å²) in [6.07, 6.45) is 4.72. The highest BCUT2D eigenvalue weighted by Crippen LogP contribution is 2.26. The van der Waals surface area contributed by atoms with Gasteiger partial charge >= 0.3 is 0 Å². The number of methoxy groups -OCH3 is 1. The standard InChI is InChI=1S/C9H8BrN3O2/c1-15-8-2-7(10)5-13-9(8)6(3-11-13)4-12-14/h2-5,14H,1H3/b12-4-.